The maximum absolute atomic E-state index is 12.5. The molecule has 11 heteroatoms. The zero-order valence-corrected chi connectivity index (χ0v) is 20.4. The van der Waals surface area contributed by atoms with Crippen molar-refractivity contribution in [1.29, 1.82) is 0 Å². The van der Waals surface area contributed by atoms with Crippen LogP contribution in [0.15, 0.2) is 102 Å². The topological polar surface area (TPSA) is 118 Å². The van der Waals surface area contributed by atoms with Crippen LogP contribution in [0, 0.1) is 18.8 Å². The van der Waals surface area contributed by atoms with Gasteiger partial charge in [0.2, 0.25) is 0 Å². The second kappa shape index (κ2) is 10.1. The minimum atomic E-state index is -4.84. The lowest BCUT2D eigenvalue weighted by atomic mass is 10.2. The molecule has 7 nitrogen and oxygen atoms in total. The van der Waals surface area contributed by atoms with E-state index >= 15 is 0 Å². The predicted molar refractivity (Wildman–Crippen MR) is 117 cm³/mol. The van der Waals surface area contributed by atoms with Gasteiger partial charge in [-0.05, 0) is 48.5 Å². The lowest BCUT2D eigenvalue weighted by Crippen LogP contribution is -3.61. The Hall–Kier alpha value is -3.42. The van der Waals surface area contributed by atoms with Gasteiger partial charge in [0, 0.05) is 41.1 Å². The summed E-state index contributed by atoms with van der Waals surface area (Å²) in [5.41, 5.74) is 0.504. The van der Waals surface area contributed by atoms with Crippen molar-refractivity contribution in [2.24, 2.45) is 0 Å². The second-order valence-electron chi connectivity index (χ2n) is 7.00. The molecule has 0 atom stereocenters. The Morgan fingerprint density at radius 1 is 0.686 bits per heavy atom. The largest absolute Gasteiger partial charge is 0.744 e. The number of hydrogen-bond acceptors (Lipinski definition) is 7. The summed E-state index contributed by atoms with van der Waals surface area (Å²) in [4.78, 5) is 21.6. The van der Waals surface area contributed by atoms with Gasteiger partial charge in [-0.15, -0.1) is 0 Å². The van der Waals surface area contributed by atoms with Crippen molar-refractivity contribution in [2.45, 2.75) is 4.90 Å². The quantitative estimate of drug-likeness (QED) is 0.169. The maximum atomic E-state index is 12.5. The molecule has 0 aliphatic heterocycles. The summed E-state index contributed by atoms with van der Waals surface area (Å²) in [6.07, 6.45) is 0. The van der Waals surface area contributed by atoms with Crippen molar-refractivity contribution >= 4 is 32.1 Å². The molecule has 0 aliphatic rings. The van der Waals surface area contributed by atoms with Gasteiger partial charge < -0.3 is 13.4 Å². The summed E-state index contributed by atoms with van der Waals surface area (Å²) < 4.78 is 68.2. The molecule has 0 spiro atoms. The third-order valence-corrected chi connectivity index (χ3v) is 8.01. The first-order valence-corrected chi connectivity index (χ1v) is 13.3. The van der Waals surface area contributed by atoms with Gasteiger partial charge in [-0.1, -0.05) is 0 Å². The first kappa shape index (κ1) is 24.7. The molecule has 3 aromatic carbocycles. The highest BCUT2D eigenvalue weighted by atomic mass is 127. The van der Waals surface area contributed by atoms with Crippen molar-refractivity contribution in [1.82, 2.24) is 0 Å². The van der Waals surface area contributed by atoms with Gasteiger partial charge in [0.05, 0.1) is 4.90 Å². The number of rotatable bonds is 3. The number of benzene rings is 3. The third-order valence-electron chi connectivity index (χ3n) is 4.55. The summed E-state index contributed by atoms with van der Waals surface area (Å²) in [6, 6.07) is 19.8. The van der Waals surface area contributed by atoms with Gasteiger partial charge >= 0.3 is 32.5 Å². The molecule has 0 radical (unpaired) electrons. The Labute approximate surface area is 206 Å². The molecule has 2 heterocycles. The normalized spacial score (nSPS) is 11.3. The van der Waals surface area contributed by atoms with E-state index in [4.69, 9.17) is 8.83 Å². The summed E-state index contributed by atoms with van der Waals surface area (Å²) in [5, 5.41) is 1.81. The minimum absolute atomic E-state index is 0.338. The van der Waals surface area contributed by atoms with E-state index < -0.39 is 47.9 Å². The highest BCUT2D eigenvalue weighted by Gasteiger charge is 2.18. The third kappa shape index (κ3) is 6.18. The van der Waals surface area contributed by atoms with Crippen LogP contribution < -0.4 is 32.5 Å². The van der Waals surface area contributed by atoms with E-state index in [9.17, 15) is 31.3 Å². The van der Waals surface area contributed by atoms with Crippen LogP contribution in [0.25, 0.3) is 21.9 Å². The van der Waals surface area contributed by atoms with E-state index in [0.717, 1.165) is 17.9 Å². The van der Waals surface area contributed by atoms with E-state index in [2.05, 4.69) is 0 Å². The summed E-state index contributed by atoms with van der Waals surface area (Å²) >= 11 is -0.465. The van der Waals surface area contributed by atoms with Crippen molar-refractivity contribution in [3.05, 3.63) is 118 Å². The van der Waals surface area contributed by atoms with Crippen LogP contribution in [0.2, 0.25) is 0 Å². The lowest BCUT2D eigenvalue weighted by molar-refractivity contribution is -0.597. The molecular formula is C24H13F2IO7S. The molecule has 0 N–H and O–H groups in total. The molecule has 0 aliphatic carbocycles. The molecular weight excluding hydrogens is 597 g/mol. The van der Waals surface area contributed by atoms with E-state index in [1.54, 1.807) is 12.1 Å². The summed E-state index contributed by atoms with van der Waals surface area (Å²) in [7, 11) is -4.84. The second-order valence-corrected chi connectivity index (χ2v) is 11.4. The van der Waals surface area contributed by atoms with Gasteiger partial charge in [-0.2, -0.15) is 0 Å². The molecule has 0 fully saturated rings. The molecule has 0 saturated carbocycles. The smallest absolute Gasteiger partial charge is 0.358 e. The first-order chi connectivity index (χ1) is 16.6. The van der Waals surface area contributed by atoms with Crippen molar-refractivity contribution < 1.29 is 51.8 Å². The standard InChI is InChI=1S/C18H10IO4.C6H4F2O3S/c20-17-7-3-11-1-5-13(9-15(11)22-17)19-14-6-2-12-4-8-18(21)23-16(12)10-14;7-4-1-2-6(5(8)3-4)12(9,10)11/h1-10H;1-3H,(H,9,10,11)/q+1;/p-1. The van der Waals surface area contributed by atoms with Crippen LogP contribution >= 0.6 is 0 Å². The SMILES string of the molecule is O=S(=O)([O-])c1ccc(F)cc1F.O=c1ccc2ccc([I+]c3ccc4ccc(=O)oc4c3)cc2o1. The van der Waals surface area contributed by atoms with Crippen LogP contribution in [0.4, 0.5) is 8.78 Å². The average molecular weight is 610 g/mol. The van der Waals surface area contributed by atoms with Crippen LogP contribution in [-0.2, 0) is 10.1 Å². The zero-order valence-electron chi connectivity index (χ0n) is 17.4. The minimum Gasteiger partial charge on any atom is -0.744 e. The molecule has 0 bridgehead atoms. The maximum Gasteiger partial charge on any atom is 0.358 e. The van der Waals surface area contributed by atoms with Gasteiger partial charge in [0.25, 0.3) is 0 Å². The van der Waals surface area contributed by atoms with E-state index in [0.29, 0.717) is 29.4 Å². The zero-order chi connectivity index (χ0) is 25.2. The first-order valence-electron chi connectivity index (χ1n) is 9.72. The molecule has 5 aromatic rings. The van der Waals surface area contributed by atoms with Crippen LogP contribution in [0.5, 0.6) is 0 Å². The van der Waals surface area contributed by atoms with E-state index in [-0.39, 0.29) is 11.3 Å². The fourth-order valence-electron chi connectivity index (χ4n) is 2.99. The fraction of sp³-hybridized carbons (Fsp3) is 0. The monoisotopic (exact) mass is 610 g/mol. The van der Waals surface area contributed by atoms with Crippen molar-refractivity contribution in [3.63, 3.8) is 0 Å². The van der Waals surface area contributed by atoms with E-state index in [1.165, 1.54) is 12.1 Å². The van der Waals surface area contributed by atoms with Crippen LogP contribution in [0.1, 0.15) is 0 Å². The number of fused-ring (bicyclic) bond motifs is 2. The van der Waals surface area contributed by atoms with Crippen molar-refractivity contribution in [3.8, 4) is 0 Å². The predicted octanol–water partition coefficient (Wildman–Crippen LogP) is 0.897. The van der Waals surface area contributed by atoms with Crippen molar-refractivity contribution in [2.75, 3.05) is 0 Å². The van der Waals surface area contributed by atoms with Crippen LogP contribution in [-0.4, -0.2) is 13.0 Å². The molecule has 0 saturated heterocycles. The summed E-state index contributed by atoms with van der Waals surface area (Å²) in [6.45, 7) is 0. The molecule has 2 aromatic heterocycles. The van der Waals surface area contributed by atoms with Gasteiger partial charge in [0.15, 0.2) is 7.14 Å². The molecule has 35 heavy (non-hydrogen) atoms. The highest BCUT2D eigenvalue weighted by Crippen LogP contribution is 2.14. The highest BCUT2D eigenvalue weighted by molar-refractivity contribution is 7.85. The van der Waals surface area contributed by atoms with Crippen LogP contribution in [0.3, 0.4) is 0 Å². The Morgan fingerprint density at radius 2 is 1.17 bits per heavy atom. The van der Waals surface area contributed by atoms with Gasteiger partial charge in [-0.25, -0.2) is 26.8 Å². The fourth-order valence-corrected chi connectivity index (χ4v) is 5.84. The number of hydrogen-bond donors (Lipinski definition) is 0. The molecule has 0 amide bonds. The molecule has 5 rings (SSSR count). The Bertz CT molecular complexity index is 1690. The Kier molecular flexibility index (Phi) is 7.10. The summed E-state index contributed by atoms with van der Waals surface area (Å²) in [5.74, 6) is -2.30. The molecule has 178 valence electrons. The Balaban J connectivity index is 0.000000204. The number of halogens is 3. The van der Waals surface area contributed by atoms with E-state index in [1.807, 2.05) is 36.4 Å². The van der Waals surface area contributed by atoms with Gasteiger partial charge in [-0.3, -0.25) is 0 Å². The lowest BCUT2D eigenvalue weighted by Gasteiger charge is -2.06. The molecule has 0 unspecified atom stereocenters. The Morgan fingerprint density at radius 3 is 1.63 bits per heavy atom. The average Bonchev–Trinajstić information content (AvgIpc) is 2.78. The van der Waals surface area contributed by atoms with Gasteiger partial charge in [0.1, 0.15) is 32.9 Å².